The van der Waals surface area contributed by atoms with Crippen LogP contribution in [0.3, 0.4) is 0 Å². The van der Waals surface area contributed by atoms with Crippen LogP contribution in [-0.4, -0.2) is 27.8 Å². The van der Waals surface area contributed by atoms with E-state index in [0.717, 1.165) is 11.3 Å². The van der Waals surface area contributed by atoms with E-state index in [1.54, 1.807) is 13.0 Å². The summed E-state index contributed by atoms with van der Waals surface area (Å²) >= 11 is 0. The smallest absolute Gasteiger partial charge is 0.375 e. The number of nitrogens with one attached hydrogen (secondary N) is 1. The minimum absolute atomic E-state index is 0.0932. The molecule has 16 heavy (non-hydrogen) atoms. The first-order valence-corrected chi connectivity index (χ1v) is 4.85. The van der Waals surface area contributed by atoms with Gasteiger partial charge in [0.1, 0.15) is 12.0 Å². The Bertz CT molecular complexity index is 501. The summed E-state index contributed by atoms with van der Waals surface area (Å²) < 4.78 is 9.91. The van der Waals surface area contributed by atoms with Gasteiger partial charge in [0.05, 0.1) is 12.2 Å². The molecular formula is C10H11N3O3. The summed E-state index contributed by atoms with van der Waals surface area (Å²) in [5.41, 5.74) is 0.726. The first-order valence-electron chi connectivity index (χ1n) is 4.85. The zero-order chi connectivity index (χ0) is 11.5. The molecule has 6 heteroatoms. The minimum Gasteiger partial charge on any atom is -0.469 e. The molecule has 0 amide bonds. The molecule has 2 rings (SSSR count). The number of esters is 1. The summed E-state index contributed by atoms with van der Waals surface area (Å²) in [6.07, 6.45) is 1.54. The highest BCUT2D eigenvalue weighted by Crippen LogP contribution is 2.17. The second-order valence-electron chi connectivity index (χ2n) is 3.17. The largest absolute Gasteiger partial charge is 0.469 e. The molecule has 0 spiro atoms. The molecule has 0 fully saturated rings. The van der Waals surface area contributed by atoms with Gasteiger partial charge in [-0.05, 0) is 19.9 Å². The zero-order valence-electron chi connectivity index (χ0n) is 8.98. The molecule has 1 N–H and O–H groups in total. The van der Waals surface area contributed by atoms with E-state index in [-0.39, 0.29) is 5.82 Å². The number of hydrogen-bond donors (Lipinski definition) is 1. The second kappa shape index (κ2) is 4.18. The molecule has 0 aromatic carbocycles. The molecule has 0 unspecified atom stereocenters. The fourth-order valence-electron chi connectivity index (χ4n) is 1.24. The van der Waals surface area contributed by atoms with Gasteiger partial charge in [0, 0.05) is 0 Å². The molecule has 0 aliphatic rings. The Balaban J connectivity index is 2.22. The number of rotatable bonds is 3. The van der Waals surface area contributed by atoms with Gasteiger partial charge in [-0.2, -0.15) is 5.10 Å². The average molecular weight is 221 g/mol. The van der Waals surface area contributed by atoms with Crippen molar-refractivity contribution in [3.63, 3.8) is 0 Å². The van der Waals surface area contributed by atoms with Crippen LogP contribution in [0.5, 0.6) is 0 Å². The predicted molar refractivity (Wildman–Crippen MR) is 54.8 cm³/mol. The number of nitrogens with zero attached hydrogens (tertiary/aromatic N) is 2. The highest BCUT2D eigenvalue weighted by atomic mass is 16.5. The van der Waals surface area contributed by atoms with E-state index in [0.29, 0.717) is 12.4 Å². The van der Waals surface area contributed by atoms with E-state index >= 15 is 0 Å². The lowest BCUT2D eigenvalue weighted by molar-refractivity contribution is 0.0512. The topological polar surface area (TPSA) is 81.0 Å². The Hall–Kier alpha value is -2.11. The highest BCUT2D eigenvalue weighted by Gasteiger charge is 2.14. The van der Waals surface area contributed by atoms with E-state index in [1.165, 1.54) is 6.26 Å². The molecule has 2 heterocycles. The summed E-state index contributed by atoms with van der Waals surface area (Å²) in [5.74, 6) is 0.759. The maximum Gasteiger partial charge on any atom is 0.375 e. The van der Waals surface area contributed by atoms with Crippen molar-refractivity contribution < 1.29 is 13.9 Å². The lowest BCUT2D eigenvalue weighted by Gasteiger charge is -1.94. The molecule has 0 saturated carbocycles. The number of carbonyl (C=O) groups is 1. The molecule has 0 aliphatic heterocycles. The van der Waals surface area contributed by atoms with Crippen molar-refractivity contribution in [2.45, 2.75) is 13.8 Å². The van der Waals surface area contributed by atoms with E-state index in [1.807, 2.05) is 6.92 Å². The van der Waals surface area contributed by atoms with Crippen molar-refractivity contribution in [2.75, 3.05) is 6.61 Å². The van der Waals surface area contributed by atoms with E-state index in [2.05, 4.69) is 15.2 Å². The number of aryl methyl sites for hydroxylation is 1. The van der Waals surface area contributed by atoms with Gasteiger partial charge in [0.2, 0.25) is 5.82 Å². The molecule has 2 aromatic heterocycles. The molecule has 0 radical (unpaired) electrons. The van der Waals surface area contributed by atoms with Gasteiger partial charge in [-0.3, -0.25) is 5.10 Å². The first-order chi connectivity index (χ1) is 7.70. The predicted octanol–water partition coefficient (Wildman–Crippen LogP) is 1.55. The number of carbonyl (C=O) groups excluding carboxylic acids is 1. The summed E-state index contributed by atoms with van der Waals surface area (Å²) in [6, 6.07) is 1.79. The molecule has 0 aliphatic carbocycles. The summed E-state index contributed by atoms with van der Waals surface area (Å²) in [7, 11) is 0. The monoisotopic (exact) mass is 221 g/mol. The third-order valence-electron chi connectivity index (χ3n) is 1.94. The third-order valence-corrected chi connectivity index (χ3v) is 1.94. The lowest BCUT2D eigenvalue weighted by Crippen LogP contribution is -2.06. The van der Waals surface area contributed by atoms with Crippen LogP contribution in [0.15, 0.2) is 16.7 Å². The fraction of sp³-hybridized carbons (Fsp3) is 0.300. The summed E-state index contributed by atoms with van der Waals surface area (Å²) in [4.78, 5) is 15.3. The maximum atomic E-state index is 11.3. The number of aromatic amines is 1. The molecule has 0 saturated heterocycles. The minimum atomic E-state index is -0.513. The highest BCUT2D eigenvalue weighted by molar-refractivity contribution is 5.85. The molecule has 2 aromatic rings. The van der Waals surface area contributed by atoms with Gasteiger partial charge >= 0.3 is 5.97 Å². The maximum absolute atomic E-state index is 11.3. The van der Waals surface area contributed by atoms with Crippen LogP contribution in [0, 0.1) is 6.92 Å². The Kier molecular flexibility index (Phi) is 2.72. The summed E-state index contributed by atoms with van der Waals surface area (Å²) in [6.45, 7) is 3.86. The van der Waals surface area contributed by atoms with Crippen LogP contribution in [0.2, 0.25) is 0 Å². The number of aromatic nitrogens is 3. The zero-order valence-corrected chi connectivity index (χ0v) is 8.98. The fourth-order valence-corrected chi connectivity index (χ4v) is 1.24. The second-order valence-corrected chi connectivity index (χ2v) is 3.17. The Morgan fingerprint density at radius 1 is 1.62 bits per heavy atom. The normalized spacial score (nSPS) is 10.4. The van der Waals surface area contributed by atoms with Gasteiger partial charge in [-0.15, -0.1) is 0 Å². The molecule has 6 nitrogen and oxygen atoms in total. The van der Waals surface area contributed by atoms with Gasteiger partial charge in [0.25, 0.3) is 0 Å². The number of ether oxygens (including phenoxy) is 1. The van der Waals surface area contributed by atoms with Crippen molar-refractivity contribution in [2.24, 2.45) is 0 Å². The quantitative estimate of drug-likeness (QED) is 0.795. The third kappa shape index (κ3) is 1.95. The van der Waals surface area contributed by atoms with Crippen molar-refractivity contribution in [3.05, 3.63) is 23.9 Å². The van der Waals surface area contributed by atoms with Crippen molar-refractivity contribution in [3.8, 4) is 11.4 Å². The molecule has 84 valence electrons. The van der Waals surface area contributed by atoms with E-state index < -0.39 is 5.97 Å². The van der Waals surface area contributed by atoms with Crippen molar-refractivity contribution >= 4 is 5.97 Å². The first kappa shape index (κ1) is 10.4. The molecular weight excluding hydrogens is 210 g/mol. The van der Waals surface area contributed by atoms with Crippen molar-refractivity contribution in [1.29, 1.82) is 0 Å². The average Bonchev–Trinajstić information content (AvgIpc) is 2.85. The van der Waals surface area contributed by atoms with Crippen LogP contribution < -0.4 is 0 Å². The van der Waals surface area contributed by atoms with Gasteiger partial charge < -0.3 is 9.15 Å². The summed E-state index contributed by atoms with van der Waals surface area (Å²) in [5, 5.41) is 6.43. The van der Waals surface area contributed by atoms with E-state index in [4.69, 9.17) is 9.15 Å². The SMILES string of the molecule is CCOC(=O)c1nc(-c2coc(C)c2)n[nH]1. The Morgan fingerprint density at radius 3 is 3.06 bits per heavy atom. The number of H-pyrrole nitrogens is 1. The number of hydrogen-bond acceptors (Lipinski definition) is 5. The standard InChI is InChI=1S/C10H11N3O3/c1-3-15-10(14)9-11-8(12-13-9)7-4-6(2)16-5-7/h4-5H,3H2,1-2H3,(H,11,12,13). The van der Waals surface area contributed by atoms with E-state index in [9.17, 15) is 4.79 Å². The van der Waals surface area contributed by atoms with Crippen molar-refractivity contribution in [1.82, 2.24) is 15.2 Å². The van der Waals surface area contributed by atoms with Crippen LogP contribution in [0.1, 0.15) is 23.3 Å². The van der Waals surface area contributed by atoms with Gasteiger partial charge in [-0.25, -0.2) is 9.78 Å². The van der Waals surface area contributed by atoms with Crippen LogP contribution >= 0.6 is 0 Å². The van der Waals surface area contributed by atoms with Crippen LogP contribution in [0.4, 0.5) is 0 Å². The van der Waals surface area contributed by atoms with Crippen LogP contribution in [-0.2, 0) is 4.74 Å². The molecule has 0 bridgehead atoms. The lowest BCUT2D eigenvalue weighted by atomic mass is 10.3. The Morgan fingerprint density at radius 2 is 2.44 bits per heavy atom. The van der Waals surface area contributed by atoms with Gasteiger partial charge in [0.15, 0.2) is 5.82 Å². The van der Waals surface area contributed by atoms with Crippen LogP contribution in [0.25, 0.3) is 11.4 Å². The molecule has 0 atom stereocenters. The van der Waals surface area contributed by atoms with Gasteiger partial charge in [-0.1, -0.05) is 0 Å². The number of furan rings is 1. The Labute approximate surface area is 91.6 Å².